The summed E-state index contributed by atoms with van der Waals surface area (Å²) < 4.78 is 0. The van der Waals surface area contributed by atoms with Crippen LogP contribution in [0, 0.1) is 0 Å². The summed E-state index contributed by atoms with van der Waals surface area (Å²) in [5.74, 6) is 0. The predicted octanol–water partition coefficient (Wildman–Crippen LogP) is 2.24. The lowest BCUT2D eigenvalue weighted by Crippen LogP contribution is -2.13. The lowest BCUT2D eigenvalue weighted by Gasteiger charge is -2.01. The quantitative estimate of drug-likeness (QED) is 0.624. The molecule has 4 heteroatoms. The molecule has 1 aromatic heterocycles. The van der Waals surface area contributed by atoms with Crippen LogP contribution in [0.3, 0.4) is 0 Å². The van der Waals surface area contributed by atoms with Gasteiger partial charge in [-0.25, -0.2) is 0 Å². The van der Waals surface area contributed by atoms with Gasteiger partial charge in [-0.1, -0.05) is 36.4 Å². The fraction of sp³-hybridized carbons (Fsp3) is 0.286. The van der Waals surface area contributed by atoms with Crippen LogP contribution in [-0.4, -0.2) is 21.5 Å². The zero-order valence-corrected chi connectivity index (χ0v) is 10.6. The molecule has 1 heterocycles. The van der Waals surface area contributed by atoms with E-state index < -0.39 is 0 Å². The van der Waals surface area contributed by atoms with Crippen molar-refractivity contribution in [3.05, 3.63) is 48.7 Å². The summed E-state index contributed by atoms with van der Waals surface area (Å²) in [7, 11) is 0. The molecule has 2 rings (SSSR count). The van der Waals surface area contributed by atoms with Gasteiger partial charge in [0, 0.05) is 18.7 Å². The van der Waals surface area contributed by atoms with Crippen LogP contribution in [0.5, 0.6) is 0 Å². The molecule has 0 saturated heterocycles. The maximum atomic E-state index is 4.52. The molecule has 2 aromatic rings. The van der Waals surface area contributed by atoms with Crippen molar-refractivity contribution in [1.29, 1.82) is 0 Å². The molecular formula is C14H18N4. The zero-order valence-electron chi connectivity index (χ0n) is 10.6. The van der Waals surface area contributed by atoms with Crippen LogP contribution in [0.1, 0.15) is 12.6 Å². The molecule has 0 aliphatic heterocycles. The van der Waals surface area contributed by atoms with Crippen molar-refractivity contribution >= 4 is 0 Å². The highest BCUT2D eigenvalue weighted by Crippen LogP contribution is 2.19. The van der Waals surface area contributed by atoms with Gasteiger partial charge in [-0.2, -0.15) is 15.0 Å². The number of benzene rings is 1. The van der Waals surface area contributed by atoms with Gasteiger partial charge in [0.15, 0.2) is 0 Å². The molecule has 0 aliphatic carbocycles. The zero-order chi connectivity index (χ0) is 12.8. The van der Waals surface area contributed by atoms with Gasteiger partial charge < -0.3 is 5.32 Å². The number of rotatable bonds is 6. The first kappa shape index (κ1) is 12.5. The summed E-state index contributed by atoms with van der Waals surface area (Å²) in [5, 5.41) is 12.3. The van der Waals surface area contributed by atoms with Crippen LogP contribution in [0.4, 0.5) is 0 Å². The molecule has 0 unspecified atom stereocenters. The largest absolute Gasteiger partial charge is 0.308 e. The van der Waals surface area contributed by atoms with Crippen molar-refractivity contribution < 1.29 is 0 Å². The fourth-order valence-corrected chi connectivity index (χ4v) is 1.76. The number of hydrogen-bond donors (Lipinski definition) is 1. The molecule has 0 saturated carbocycles. The van der Waals surface area contributed by atoms with E-state index in [1.54, 1.807) is 4.80 Å². The van der Waals surface area contributed by atoms with Crippen LogP contribution in [-0.2, 0) is 13.1 Å². The molecular weight excluding hydrogens is 224 g/mol. The number of aromatic nitrogens is 3. The van der Waals surface area contributed by atoms with E-state index in [0.717, 1.165) is 30.0 Å². The Bertz CT molecular complexity index is 502. The minimum absolute atomic E-state index is 0.705. The highest BCUT2D eigenvalue weighted by Gasteiger charge is 2.11. The fourth-order valence-electron chi connectivity index (χ4n) is 1.76. The SMILES string of the molecule is C=CCNCc1nn(CC)nc1-c1ccccc1. The average molecular weight is 242 g/mol. The first-order chi connectivity index (χ1) is 8.85. The van der Waals surface area contributed by atoms with Crippen LogP contribution in [0.15, 0.2) is 43.0 Å². The first-order valence-electron chi connectivity index (χ1n) is 6.16. The molecule has 1 aromatic carbocycles. The molecule has 0 amide bonds. The Labute approximate surface area is 107 Å². The summed E-state index contributed by atoms with van der Waals surface area (Å²) in [4.78, 5) is 1.73. The number of nitrogens with zero attached hydrogens (tertiary/aromatic N) is 3. The topological polar surface area (TPSA) is 42.7 Å². The maximum Gasteiger partial charge on any atom is 0.117 e. The van der Waals surface area contributed by atoms with E-state index in [9.17, 15) is 0 Å². The molecule has 0 fully saturated rings. The molecule has 0 aliphatic rings. The van der Waals surface area contributed by atoms with E-state index in [0.29, 0.717) is 6.54 Å². The van der Waals surface area contributed by atoms with Crippen LogP contribution >= 0.6 is 0 Å². The predicted molar refractivity (Wildman–Crippen MR) is 73.0 cm³/mol. The van der Waals surface area contributed by atoms with Gasteiger partial charge in [0.25, 0.3) is 0 Å². The Hall–Kier alpha value is -1.94. The van der Waals surface area contributed by atoms with Crippen molar-refractivity contribution in [3.63, 3.8) is 0 Å². The van der Waals surface area contributed by atoms with Crippen molar-refractivity contribution in [2.24, 2.45) is 0 Å². The first-order valence-corrected chi connectivity index (χ1v) is 6.16. The summed E-state index contributed by atoms with van der Waals surface area (Å²) in [5.41, 5.74) is 3.03. The van der Waals surface area contributed by atoms with Gasteiger partial charge in [-0.15, -0.1) is 6.58 Å². The number of hydrogen-bond acceptors (Lipinski definition) is 3. The Morgan fingerprint density at radius 2 is 2.06 bits per heavy atom. The van der Waals surface area contributed by atoms with Crippen molar-refractivity contribution in [1.82, 2.24) is 20.3 Å². The minimum Gasteiger partial charge on any atom is -0.308 e. The van der Waals surface area contributed by atoms with Crippen LogP contribution in [0.25, 0.3) is 11.3 Å². The van der Waals surface area contributed by atoms with E-state index >= 15 is 0 Å². The normalized spacial score (nSPS) is 10.5. The summed E-state index contributed by atoms with van der Waals surface area (Å²) in [6.45, 7) is 7.98. The Kier molecular flexibility index (Phi) is 4.25. The molecule has 4 nitrogen and oxygen atoms in total. The van der Waals surface area contributed by atoms with Crippen molar-refractivity contribution in [3.8, 4) is 11.3 Å². The van der Waals surface area contributed by atoms with Gasteiger partial charge in [-0.05, 0) is 6.92 Å². The smallest absolute Gasteiger partial charge is 0.117 e. The van der Waals surface area contributed by atoms with E-state index in [1.807, 2.05) is 31.2 Å². The van der Waals surface area contributed by atoms with E-state index in [1.165, 1.54) is 0 Å². The average Bonchev–Trinajstić information content (AvgIpc) is 2.83. The summed E-state index contributed by atoms with van der Waals surface area (Å²) >= 11 is 0. The van der Waals surface area contributed by atoms with Gasteiger partial charge in [0.2, 0.25) is 0 Å². The third-order valence-electron chi connectivity index (χ3n) is 2.64. The van der Waals surface area contributed by atoms with Gasteiger partial charge in [-0.3, -0.25) is 0 Å². The van der Waals surface area contributed by atoms with Crippen LogP contribution in [0.2, 0.25) is 0 Å². The molecule has 1 N–H and O–H groups in total. The minimum atomic E-state index is 0.705. The molecule has 0 bridgehead atoms. The standard InChI is InChI=1S/C14H18N4/c1-3-10-15-11-13-14(17-18(4-2)16-13)12-8-6-5-7-9-12/h3,5-9,15H,1,4,10-11H2,2H3. The Morgan fingerprint density at radius 1 is 1.28 bits per heavy atom. The second-order valence-corrected chi connectivity index (χ2v) is 3.97. The van der Waals surface area contributed by atoms with Crippen molar-refractivity contribution in [2.75, 3.05) is 6.54 Å². The summed E-state index contributed by atoms with van der Waals surface area (Å²) in [6, 6.07) is 10.1. The highest BCUT2D eigenvalue weighted by atomic mass is 15.5. The number of nitrogens with one attached hydrogen (secondary N) is 1. The molecule has 18 heavy (non-hydrogen) atoms. The molecule has 94 valence electrons. The molecule has 0 radical (unpaired) electrons. The van der Waals surface area contributed by atoms with Crippen molar-refractivity contribution in [2.45, 2.75) is 20.0 Å². The summed E-state index contributed by atoms with van der Waals surface area (Å²) in [6.07, 6.45) is 1.84. The Morgan fingerprint density at radius 3 is 2.72 bits per heavy atom. The second kappa shape index (κ2) is 6.12. The number of aryl methyl sites for hydroxylation is 1. The molecule has 0 atom stereocenters. The molecule has 0 spiro atoms. The van der Waals surface area contributed by atoms with Gasteiger partial charge >= 0.3 is 0 Å². The second-order valence-electron chi connectivity index (χ2n) is 3.97. The Balaban J connectivity index is 2.27. The van der Waals surface area contributed by atoms with E-state index in [4.69, 9.17) is 0 Å². The van der Waals surface area contributed by atoms with Crippen LogP contribution < -0.4 is 5.32 Å². The maximum absolute atomic E-state index is 4.52. The highest BCUT2D eigenvalue weighted by molar-refractivity contribution is 5.60. The lowest BCUT2D eigenvalue weighted by atomic mass is 10.1. The van der Waals surface area contributed by atoms with Gasteiger partial charge in [0.05, 0.1) is 6.54 Å². The third kappa shape index (κ3) is 2.84. The van der Waals surface area contributed by atoms with E-state index in [-0.39, 0.29) is 0 Å². The van der Waals surface area contributed by atoms with Gasteiger partial charge in [0.1, 0.15) is 11.4 Å². The third-order valence-corrected chi connectivity index (χ3v) is 2.64. The lowest BCUT2D eigenvalue weighted by molar-refractivity contribution is 0.560. The monoisotopic (exact) mass is 242 g/mol. The van der Waals surface area contributed by atoms with E-state index in [2.05, 4.69) is 34.2 Å².